The van der Waals surface area contributed by atoms with E-state index in [0.717, 1.165) is 0 Å². The largest absolute Gasteiger partial charge is 0.493 e. The number of rotatable bonds is 2. The zero-order valence-corrected chi connectivity index (χ0v) is 7.71. The molecule has 4 nitrogen and oxygen atoms in total. The minimum Gasteiger partial charge on any atom is -0.493 e. The summed E-state index contributed by atoms with van der Waals surface area (Å²) in [6.45, 7) is 2.99. The van der Waals surface area contributed by atoms with Gasteiger partial charge >= 0.3 is 5.97 Å². The van der Waals surface area contributed by atoms with Gasteiger partial charge in [-0.2, -0.15) is 0 Å². The number of hydrogen-bond donors (Lipinski definition) is 0. The van der Waals surface area contributed by atoms with Crippen molar-refractivity contribution < 1.29 is 19.1 Å². The van der Waals surface area contributed by atoms with E-state index in [2.05, 4.69) is 0 Å². The van der Waals surface area contributed by atoms with Crippen LogP contribution in [0.15, 0.2) is 23.2 Å². The van der Waals surface area contributed by atoms with Crippen molar-refractivity contribution in [2.24, 2.45) is 0 Å². The minimum absolute atomic E-state index is 0.146. The third kappa shape index (κ3) is 1.77. The molecule has 13 heavy (non-hydrogen) atoms. The van der Waals surface area contributed by atoms with Crippen LogP contribution in [0.25, 0.3) is 0 Å². The Hall–Kier alpha value is -1.58. The maximum absolute atomic E-state index is 11.0. The predicted molar refractivity (Wildman–Crippen MR) is 44.6 cm³/mol. The molecule has 70 valence electrons. The van der Waals surface area contributed by atoms with E-state index in [4.69, 9.17) is 9.47 Å². The van der Waals surface area contributed by atoms with Gasteiger partial charge in [0.2, 0.25) is 0 Å². The number of Topliss-reactive ketones (excluding diaryl/α,β-unsaturated/α-hetero) is 1. The molecule has 0 amide bonds. The van der Waals surface area contributed by atoms with Crippen LogP contribution in [0.2, 0.25) is 0 Å². The zero-order chi connectivity index (χ0) is 10.0. The fourth-order valence-electron chi connectivity index (χ4n) is 0.926. The van der Waals surface area contributed by atoms with Gasteiger partial charge in [0, 0.05) is 5.57 Å². The van der Waals surface area contributed by atoms with Gasteiger partial charge in [-0.15, -0.1) is 0 Å². The lowest BCUT2D eigenvalue weighted by molar-refractivity contribution is -0.132. The van der Waals surface area contributed by atoms with Gasteiger partial charge in [-0.05, 0) is 13.8 Å². The number of hydrogen-bond acceptors (Lipinski definition) is 4. The molecule has 0 aromatic heterocycles. The summed E-state index contributed by atoms with van der Waals surface area (Å²) in [5, 5.41) is 0. The van der Waals surface area contributed by atoms with E-state index >= 15 is 0 Å². The van der Waals surface area contributed by atoms with Gasteiger partial charge in [-0.25, -0.2) is 4.79 Å². The van der Waals surface area contributed by atoms with Crippen LogP contribution in [0.1, 0.15) is 13.8 Å². The van der Waals surface area contributed by atoms with Gasteiger partial charge < -0.3 is 9.47 Å². The van der Waals surface area contributed by atoms with Crippen molar-refractivity contribution in [3.63, 3.8) is 0 Å². The van der Waals surface area contributed by atoms with Crippen LogP contribution in [-0.2, 0) is 19.1 Å². The van der Waals surface area contributed by atoms with Crippen molar-refractivity contribution in [2.45, 2.75) is 13.8 Å². The molecular weight excluding hydrogens is 172 g/mol. The maximum atomic E-state index is 11.0. The van der Waals surface area contributed by atoms with E-state index in [-0.39, 0.29) is 11.5 Å². The number of ketones is 1. The van der Waals surface area contributed by atoms with E-state index in [1.54, 1.807) is 6.92 Å². The van der Waals surface area contributed by atoms with Gasteiger partial charge in [-0.3, -0.25) is 4.79 Å². The molecule has 0 aliphatic carbocycles. The molecule has 0 aromatic carbocycles. The van der Waals surface area contributed by atoms with Crippen molar-refractivity contribution in [1.29, 1.82) is 0 Å². The van der Waals surface area contributed by atoms with Gasteiger partial charge in [0.05, 0.1) is 13.2 Å². The standard InChI is InChI=1S/C9H10O4/c1-5(6(2)10)9-7(12-3)4-8(11)13-9/h4H,1-3H3. The molecule has 1 aliphatic heterocycles. The number of esters is 1. The number of allylic oxidation sites excluding steroid dienone is 1. The maximum Gasteiger partial charge on any atom is 0.340 e. The molecule has 4 heteroatoms. The fourth-order valence-corrected chi connectivity index (χ4v) is 0.926. The quantitative estimate of drug-likeness (QED) is 0.471. The lowest BCUT2D eigenvalue weighted by Crippen LogP contribution is -2.02. The second kappa shape index (κ2) is 3.43. The SMILES string of the molecule is COC1=CC(=O)OC1=C(C)C(C)=O. The summed E-state index contributed by atoms with van der Waals surface area (Å²) in [5.41, 5.74) is 0.388. The van der Waals surface area contributed by atoms with Crippen molar-refractivity contribution in [2.75, 3.05) is 7.11 Å². The smallest absolute Gasteiger partial charge is 0.340 e. The van der Waals surface area contributed by atoms with E-state index < -0.39 is 5.97 Å². The van der Waals surface area contributed by atoms with E-state index in [9.17, 15) is 9.59 Å². The molecule has 0 saturated heterocycles. The van der Waals surface area contributed by atoms with Gasteiger partial charge in [0.25, 0.3) is 0 Å². The molecule has 0 aromatic rings. The Kier molecular flexibility index (Phi) is 2.51. The Morgan fingerprint density at radius 1 is 1.46 bits per heavy atom. The highest BCUT2D eigenvalue weighted by Gasteiger charge is 2.24. The number of carbonyl (C=O) groups excluding carboxylic acids is 2. The second-order valence-corrected chi connectivity index (χ2v) is 2.64. The van der Waals surface area contributed by atoms with Crippen LogP contribution in [0, 0.1) is 0 Å². The third-order valence-corrected chi connectivity index (χ3v) is 1.76. The first-order chi connectivity index (χ1) is 6.06. The van der Waals surface area contributed by atoms with Gasteiger partial charge in [-0.1, -0.05) is 0 Å². The summed E-state index contributed by atoms with van der Waals surface area (Å²) in [6, 6.07) is 0. The predicted octanol–water partition coefficient (Wildman–Crippen LogP) is 0.936. The number of ether oxygens (including phenoxy) is 2. The molecule has 0 fully saturated rings. The Bertz CT molecular complexity index is 323. The zero-order valence-electron chi connectivity index (χ0n) is 7.71. The van der Waals surface area contributed by atoms with Gasteiger partial charge in [0.1, 0.15) is 0 Å². The highest BCUT2D eigenvalue weighted by molar-refractivity contribution is 5.96. The summed E-state index contributed by atoms with van der Waals surface area (Å²) >= 11 is 0. The lowest BCUT2D eigenvalue weighted by Gasteiger charge is -2.04. The van der Waals surface area contributed by atoms with Crippen LogP contribution < -0.4 is 0 Å². The van der Waals surface area contributed by atoms with Crippen LogP contribution in [0.4, 0.5) is 0 Å². The summed E-state index contributed by atoms with van der Waals surface area (Å²) < 4.78 is 9.66. The summed E-state index contributed by atoms with van der Waals surface area (Å²) in [4.78, 5) is 21.8. The molecule has 1 rings (SSSR count). The van der Waals surface area contributed by atoms with Crippen LogP contribution in [-0.4, -0.2) is 18.9 Å². The molecule has 0 saturated carbocycles. The second-order valence-electron chi connectivity index (χ2n) is 2.64. The first kappa shape index (κ1) is 9.51. The molecule has 0 bridgehead atoms. The highest BCUT2D eigenvalue weighted by Crippen LogP contribution is 2.23. The average molecular weight is 182 g/mol. The summed E-state index contributed by atoms with van der Waals surface area (Å²) in [7, 11) is 1.42. The Morgan fingerprint density at radius 3 is 2.54 bits per heavy atom. The van der Waals surface area contributed by atoms with Crippen molar-refractivity contribution in [3.05, 3.63) is 23.2 Å². The van der Waals surface area contributed by atoms with Crippen molar-refractivity contribution in [3.8, 4) is 0 Å². The molecule has 0 radical (unpaired) electrons. The summed E-state index contributed by atoms with van der Waals surface area (Å²) in [5.74, 6) is -0.127. The summed E-state index contributed by atoms with van der Waals surface area (Å²) in [6.07, 6.45) is 1.21. The average Bonchev–Trinajstić information content (AvgIpc) is 2.45. The minimum atomic E-state index is -0.507. The topological polar surface area (TPSA) is 52.6 Å². The van der Waals surface area contributed by atoms with E-state index in [1.807, 2.05) is 0 Å². The van der Waals surface area contributed by atoms with Crippen molar-refractivity contribution in [1.82, 2.24) is 0 Å². The number of carbonyl (C=O) groups is 2. The first-order valence-corrected chi connectivity index (χ1v) is 3.76. The molecule has 0 spiro atoms. The Balaban J connectivity index is 3.08. The fraction of sp³-hybridized carbons (Fsp3) is 0.333. The van der Waals surface area contributed by atoms with Crippen LogP contribution in [0.3, 0.4) is 0 Å². The molecule has 0 unspecified atom stereocenters. The number of methoxy groups -OCH3 is 1. The molecule has 1 heterocycles. The van der Waals surface area contributed by atoms with Crippen LogP contribution >= 0.6 is 0 Å². The van der Waals surface area contributed by atoms with Crippen LogP contribution in [0.5, 0.6) is 0 Å². The van der Waals surface area contributed by atoms with E-state index in [1.165, 1.54) is 20.1 Å². The Labute approximate surface area is 75.8 Å². The van der Waals surface area contributed by atoms with E-state index in [0.29, 0.717) is 11.3 Å². The number of cyclic esters (lactones) is 1. The molecular formula is C9H10O4. The molecule has 0 atom stereocenters. The Morgan fingerprint density at radius 2 is 2.08 bits per heavy atom. The first-order valence-electron chi connectivity index (χ1n) is 3.76. The normalized spacial score (nSPS) is 19.3. The van der Waals surface area contributed by atoms with Crippen molar-refractivity contribution >= 4 is 11.8 Å². The third-order valence-electron chi connectivity index (χ3n) is 1.76. The van der Waals surface area contributed by atoms with Gasteiger partial charge in [0.15, 0.2) is 17.3 Å². The molecule has 1 aliphatic rings. The monoisotopic (exact) mass is 182 g/mol. The molecule has 0 N–H and O–H groups in total. The highest BCUT2D eigenvalue weighted by atomic mass is 16.6. The lowest BCUT2D eigenvalue weighted by atomic mass is 10.2.